The summed E-state index contributed by atoms with van der Waals surface area (Å²) in [7, 11) is -2.11. The fraction of sp³-hybridized carbons (Fsp3) is 0.278. The molecule has 1 N–H and O–H groups in total. The Morgan fingerprint density at radius 1 is 1.11 bits per heavy atom. The van der Waals surface area contributed by atoms with Crippen LogP contribution in [0, 0.1) is 5.82 Å². The quantitative estimate of drug-likeness (QED) is 0.783. The Morgan fingerprint density at radius 2 is 1.78 bits per heavy atom. The van der Waals surface area contributed by atoms with Crippen LogP contribution in [0.4, 0.5) is 10.1 Å². The Balaban J connectivity index is 1.60. The molecule has 0 atom stereocenters. The summed E-state index contributed by atoms with van der Waals surface area (Å²) in [6, 6.07) is 12.4. The first-order valence-electron chi connectivity index (χ1n) is 8.36. The lowest BCUT2D eigenvalue weighted by molar-refractivity contribution is 0.268. The fourth-order valence-electron chi connectivity index (χ4n) is 2.78. The lowest BCUT2D eigenvalue weighted by atomic mass is 10.3. The molecule has 2 aromatic rings. The highest BCUT2D eigenvalue weighted by atomic mass is 32.2. The van der Waals surface area contributed by atoms with Crippen molar-refractivity contribution in [1.82, 2.24) is 9.21 Å². The molecule has 27 heavy (non-hydrogen) atoms. The average molecular weight is 410 g/mol. The Kier molecular flexibility index (Phi) is 5.93. The third-order valence-electron chi connectivity index (χ3n) is 4.30. The molecule has 1 aliphatic rings. The maximum absolute atomic E-state index is 13.4. The van der Waals surface area contributed by atoms with Crippen molar-refractivity contribution in [3.05, 3.63) is 54.3 Å². The standard InChI is InChI=1S/C18H20FN3O3S2/c1-25-16-7-5-15(6-8-16)20-18(26)21-9-11-22(12-10-21)27(23,24)17-4-2-3-14(19)13-17/h2-8,13H,9-12H2,1H3,(H,20,26). The Hall–Kier alpha value is -2.23. The highest BCUT2D eigenvalue weighted by Gasteiger charge is 2.29. The van der Waals surface area contributed by atoms with Gasteiger partial charge in [0.25, 0.3) is 0 Å². The van der Waals surface area contributed by atoms with E-state index >= 15 is 0 Å². The molecular weight excluding hydrogens is 389 g/mol. The van der Waals surface area contributed by atoms with Gasteiger partial charge in [-0.05, 0) is 54.7 Å². The third kappa shape index (κ3) is 4.55. The number of nitrogens with one attached hydrogen (secondary N) is 1. The number of ether oxygens (including phenoxy) is 1. The summed E-state index contributed by atoms with van der Waals surface area (Å²) < 4.78 is 45.1. The van der Waals surface area contributed by atoms with Crippen molar-refractivity contribution in [2.45, 2.75) is 4.90 Å². The number of thiocarbonyl (C=S) groups is 1. The Morgan fingerprint density at radius 3 is 2.37 bits per heavy atom. The summed E-state index contributed by atoms with van der Waals surface area (Å²) >= 11 is 5.43. The van der Waals surface area contributed by atoms with E-state index in [0.29, 0.717) is 18.2 Å². The number of sulfonamides is 1. The molecule has 1 heterocycles. The molecule has 1 fully saturated rings. The molecule has 2 aromatic carbocycles. The first-order chi connectivity index (χ1) is 12.9. The molecule has 1 aliphatic heterocycles. The minimum Gasteiger partial charge on any atom is -0.497 e. The van der Waals surface area contributed by atoms with Crippen LogP contribution in [-0.2, 0) is 10.0 Å². The van der Waals surface area contributed by atoms with Gasteiger partial charge < -0.3 is 15.0 Å². The number of anilines is 1. The summed E-state index contributed by atoms with van der Waals surface area (Å²) in [5.41, 5.74) is 0.829. The largest absolute Gasteiger partial charge is 0.497 e. The molecule has 0 aromatic heterocycles. The number of nitrogens with zero attached hydrogens (tertiary/aromatic N) is 2. The molecule has 0 bridgehead atoms. The number of hydrogen-bond acceptors (Lipinski definition) is 4. The van der Waals surface area contributed by atoms with Crippen LogP contribution in [0.2, 0.25) is 0 Å². The van der Waals surface area contributed by atoms with Crippen molar-refractivity contribution < 1.29 is 17.5 Å². The highest BCUT2D eigenvalue weighted by molar-refractivity contribution is 7.89. The number of halogens is 1. The van der Waals surface area contributed by atoms with Gasteiger partial charge in [0.1, 0.15) is 11.6 Å². The number of benzene rings is 2. The van der Waals surface area contributed by atoms with E-state index in [-0.39, 0.29) is 18.0 Å². The topological polar surface area (TPSA) is 61.9 Å². The predicted octanol–water partition coefficient (Wildman–Crippen LogP) is 2.54. The Labute approximate surface area is 163 Å². The number of piperazine rings is 1. The van der Waals surface area contributed by atoms with E-state index in [4.69, 9.17) is 17.0 Å². The van der Waals surface area contributed by atoms with Crippen molar-refractivity contribution in [2.75, 3.05) is 38.6 Å². The zero-order valence-corrected chi connectivity index (χ0v) is 16.4. The van der Waals surface area contributed by atoms with Gasteiger partial charge in [-0.3, -0.25) is 0 Å². The Bertz CT molecular complexity index is 912. The first kappa shape index (κ1) is 19.5. The summed E-state index contributed by atoms with van der Waals surface area (Å²) in [6.45, 7) is 1.47. The van der Waals surface area contributed by atoms with Gasteiger partial charge in [-0.2, -0.15) is 4.31 Å². The second-order valence-corrected chi connectivity index (χ2v) is 8.33. The highest BCUT2D eigenvalue weighted by Crippen LogP contribution is 2.20. The van der Waals surface area contributed by atoms with Gasteiger partial charge in [-0.25, -0.2) is 12.8 Å². The molecule has 0 spiro atoms. The predicted molar refractivity (Wildman–Crippen MR) is 106 cm³/mol. The summed E-state index contributed by atoms with van der Waals surface area (Å²) in [5, 5.41) is 3.67. The van der Waals surface area contributed by atoms with E-state index in [2.05, 4.69) is 5.32 Å². The van der Waals surface area contributed by atoms with E-state index in [1.165, 1.54) is 22.5 Å². The van der Waals surface area contributed by atoms with Crippen molar-refractivity contribution in [3.63, 3.8) is 0 Å². The number of hydrogen-bond donors (Lipinski definition) is 1. The monoisotopic (exact) mass is 409 g/mol. The molecular formula is C18H20FN3O3S2. The third-order valence-corrected chi connectivity index (χ3v) is 6.56. The van der Waals surface area contributed by atoms with Crippen molar-refractivity contribution in [3.8, 4) is 5.75 Å². The van der Waals surface area contributed by atoms with E-state index in [1.54, 1.807) is 7.11 Å². The molecule has 6 nitrogen and oxygen atoms in total. The SMILES string of the molecule is COc1ccc(NC(=S)N2CCN(S(=O)(=O)c3cccc(F)c3)CC2)cc1. The van der Waals surface area contributed by atoms with Crippen molar-refractivity contribution >= 4 is 33.0 Å². The van der Waals surface area contributed by atoms with Gasteiger partial charge in [0.2, 0.25) is 10.0 Å². The molecule has 3 rings (SSSR count). The van der Waals surface area contributed by atoms with Crippen LogP contribution in [0.25, 0.3) is 0 Å². The van der Waals surface area contributed by atoms with Crippen LogP contribution < -0.4 is 10.1 Å². The van der Waals surface area contributed by atoms with Crippen LogP contribution in [0.15, 0.2) is 53.4 Å². The first-order valence-corrected chi connectivity index (χ1v) is 10.2. The lowest BCUT2D eigenvalue weighted by Gasteiger charge is -2.35. The van der Waals surface area contributed by atoms with Crippen molar-refractivity contribution in [1.29, 1.82) is 0 Å². The molecule has 0 amide bonds. The van der Waals surface area contributed by atoms with E-state index in [1.807, 2.05) is 29.2 Å². The van der Waals surface area contributed by atoms with Gasteiger partial charge >= 0.3 is 0 Å². The van der Waals surface area contributed by atoms with Gasteiger partial charge in [0.05, 0.1) is 12.0 Å². The van der Waals surface area contributed by atoms with Crippen LogP contribution >= 0.6 is 12.2 Å². The minimum atomic E-state index is -3.71. The second-order valence-electron chi connectivity index (χ2n) is 6.01. The van der Waals surface area contributed by atoms with E-state index in [9.17, 15) is 12.8 Å². The summed E-state index contributed by atoms with van der Waals surface area (Å²) in [6.07, 6.45) is 0. The normalized spacial score (nSPS) is 15.4. The summed E-state index contributed by atoms with van der Waals surface area (Å²) in [4.78, 5) is 1.88. The fourth-order valence-corrected chi connectivity index (χ4v) is 4.54. The second kappa shape index (κ2) is 8.20. The molecule has 144 valence electrons. The number of methoxy groups -OCH3 is 1. The van der Waals surface area contributed by atoms with Gasteiger partial charge in [-0.1, -0.05) is 6.07 Å². The molecule has 9 heteroatoms. The lowest BCUT2D eigenvalue weighted by Crippen LogP contribution is -2.51. The van der Waals surface area contributed by atoms with E-state index < -0.39 is 15.8 Å². The molecule has 0 saturated carbocycles. The summed E-state index contributed by atoms with van der Waals surface area (Å²) in [5.74, 6) is 0.183. The zero-order chi connectivity index (χ0) is 19.4. The van der Waals surface area contributed by atoms with Crippen LogP contribution in [-0.4, -0.2) is 56.0 Å². The van der Waals surface area contributed by atoms with Crippen LogP contribution in [0.1, 0.15) is 0 Å². The maximum atomic E-state index is 13.4. The van der Waals surface area contributed by atoms with E-state index in [0.717, 1.165) is 17.5 Å². The average Bonchev–Trinajstić information content (AvgIpc) is 2.68. The molecule has 0 unspecified atom stereocenters. The van der Waals surface area contributed by atoms with Crippen molar-refractivity contribution in [2.24, 2.45) is 0 Å². The smallest absolute Gasteiger partial charge is 0.243 e. The molecule has 0 aliphatic carbocycles. The van der Waals surface area contributed by atoms with Crippen LogP contribution in [0.5, 0.6) is 5.75 Å². The van der Waals surface area contributed by atoms with Gasteiger partial charge in [-0.15, -0.1) is 0 Å². The zero-order valence-electron chi connectivity index (χ0n) is 14.8. The minimum absolute atomic E-state index is 0.0325. The number of rotatable bonds is 4. The van der Waals surface area contributed by atoms with Gasteiger partial charge in [0, 0.05) is 31.9 Å². The maximum Gasteiger partial charge on any atom is 0.243 e. The van der Waals surface area contributed by atoms with Gasteiger partial charge in [0.15, 0.2) is 5.11 Å². The molecule has 1 saturated heterocycles. The molecule has 0 radical (unpaired) electrons. The van der Waals surface area contributed by atoms with Crippen LogP contribution in [0.3, 0.4) is 0 Å².